The van der Waals surface area contributed by atoms with Gasteiger partial charge in [0.05, 0.1) is 11.5 Å². The molecule has 3 heterocycles. The molecule has 0 aromatic carbocycles. The second kappa shape index (κ2) is 4.61. The van der Waals surface area contributed by atoms with E-state index in [-0.39, 0.29) is 11.5 Å². The van der Waals surface area contributed by atoms with Crippen LogP contribution in [0.5, 0.6) is 0 Å². The van der Waals surface area contributed by atoms with Crippen molar-refractivity contribution in [1.29, 1.82) is 0 Å². The number of hydrogen-bond donors (Lipinski definition) is 0. The average Bonchev–Trinajstić information content (AvgIpc) is 2.88. The highest BCUT2D eigenvalue weighted by atomic mass is 32.2. The number of aldehydes is 1. The van der Waals surface area contributed by atoms with E-state index in [2.05, 4.69) is 4.98 Å². The molecule has 0 atom stereocenters. The topological polar surface area (TPSA) is 71.8 Å². The molecule has 0 spiro atoms. The number of aromatic nitrogens is 2. The lowest BCUT2D eigenvalue weighted by Crippen LogP contribution is -2.28. The molecule has 0 saturated carbocycles. The van der Waals surface area contributed by atoms with Gasteiger partial charge in [0.2, 0.25) is 0 Å². The lowest BCUT2D eigenvalue weighted by Gasteiger charge is -2.19. The normalized spacial score (nSPS) is 19.5. The van der Waals surface area contributed by atoms with Crippen LogP contribution in [0.1, 0.15) is 16.9 Å². The molecule has 19 heavy (non-hydrogen) atoms. The van der Waals surface area contributed by atoms with Crippen LogP contribution in [0.2, 0.25) is 0 Å². The van der Waals surface area contributed by atoms with Crippen LogP contribution in [-0.2, 0) is 9.84 Å². The Morgan fingerprint density at radius 2 is 2.16 bits per heavy atom. The Bertz CT molecular complexity index is 717. The summed E-state index contributed by atoms with van der Waals surface area (Å²) in [6, 6.07) is 0. The van der Waals surface area contributed by atoms with Gasteiger partial charge in [-0.25, -0.2) is 13.4 Å². The van der Waals surface area contributed by atoms with Crippen molar-refractivity contribution >= 4 is 38.2 Å². The largest absolute Gasteiger partial charge is 0.354 e. The number of carbonyl (C=O) groups is 1. The predicted molar refractivity (Wildman–Crippen MR) is 73.9 cm³/mol. The SMILES string of the molecule is O=Cc1c(N2CCCS(=O)(=O)CC2)nc2sccn12. The van der Waals surface area contributed by atoms with Gasteiger partial charge >= 0.3 is 0 Å². The van der Waals surface area contributed by atoms with Crippen molar-refractivity contribution in [2.75, 3.05) is 29.5 Å². The molecule has 1 fully saturated rings. The smallest absolute Gasteiger partial charge is 0.196 e. The van der Waals surface area contributed by atoms with Crippen molar-refractivity contribution in [2.24, 2.45) is 0 Å². The third-order valence-corrected chi connectivity index (χ3v) is 5.72. The highest BCUT2D eigenvalue weighted by Crippen LogP contribution is 2.24. The van der Waals surface area contributed by atoms with E-state index >= 15 is 0 Å². The molecule has 8 heteroatoms. The van der Waals surface area contributed by atoms with E-state index in [1.807, 2.05) is 10.3 Å². The molecule has 0 N–H and O–H groups in total. The maximum atomic E-state index is 11.6. The zero-order chi connectivity index (χ0) is 13.5. The zero-order valence-electron chi connectivity index (χ0n) is 10.2. The summed E-state index contributed by atoms with van der Waals surface area (Å²) in [6.45, 7) is 1.01. The van der Waals surface area contributed by atoms with Gasteiger partial charge in [0.15, 0.2) is 26.9 Å². The van der Waals surface area contributed by atoms with Crippen molar-refractivity contribution in [2.45, 2.75) is 6.42 Å². The average molecular weight is 299 g/mol. The monoisotopic (exact) mass is 299 g/mol. The van der Waals surface area contributed by atoms with Crippen LogP contribution in [0.25, 0.3) is 4.96 Å². The number of sulfone groups is 1. The summed E-state index contributed by atoms with van der Waals surface area (Å²) in [5.41, 5.74) is 0.496. The van der Waals surface area contributed by atoms with Crippen molar-refractivity contribution in [3.63, 3.8) is 0 Å². The second-order valence-corrected chi connectivity index (χ2v) is 7.66. The van der Waals surface area contributed by atoms with Gasteiger partial charge in [0.1, 0.15) is 5.69 Å². The van der Waals surface area contributed by atoms with Crippen molar-refractivity contribution < 1.29 is 13.2 Å². The molecule has 6 nitrogen and oxygen atoms in total. The van der Waals surface area contributed by atoms with Gasteiger partial charge < -0.3 is 4.90 Å². The van der Waals surface area contributed by atoms with Crippen LogP contribution in [0.15, 0.2) is 11.6 Å². The number of imidazole rings is 1. The molecule has 1 aliphatic rings. The summed E-state index contributed by atoms with van der Waals surface area (Å²) in [7, 11) is -2.96. The molecular weight excluding hydrogens is 286 g/mol. The van der Waals surface area contributed by atoms with Crippen LogP contribution in [0.3, 0.4) is 0 Å². The van der Waals surface area contributed by atoms with Gasteiger partial charge in [0, 0.05) is 24.7 Å². The Hall–Kier alpha value is -1.41. The van der Waals surface area contributed by atoms with Gasteiger partial charge in [-0.1, -0.05) is 0 Å². The third-order valence-electron chi connectivity index (χ3n) is 3.25. The van der Waals surface area contributed by atoms with E-state index in [9.17, 15) is 13.2 Å². The minimum Gasteiger partial charge on any atom is -0.354 e. The van der Waals surface area contributed by atoms with Gasteiger partial charge in [-0.2, -0.15) is 0 Å². The molecule has 3 rings (SSSR count). The quantitative estimate of drug-likeness (QED) is 0.768. The second-order valence-electron chi connectivity index (χ2n) is 4.49. The highest BCUT2D eigenvalue weighted by Gasteiger charge is 2.24. The van der Waals surface area contributed by atoms with E-state index < -0.39 is 9.84 Å². The molecule has 2 aromatic rings. The van der Waals surface area contributed by atoms with Gasteiger partial charge in [-0.3, -0.25) is 9.20 Å². The number of anilines is 1. The first kappa shape index (κ1) is 12.6. The third kappa shape index (κ3) is 2.25. The summed E-state index contributed by atoms with van der Waals surface area (Å²) in [6.07, 6.45) is 3.15. The maximum Gasteiger partial charge on any atom is 0.196 e. The molecular formula is C11H13N3O3S2. The molecule has 0 radical (unpaired) electrons. The van der Waals surface area contributed by atoms with E-state index in [1.54, 1.807) is 10.6 Å². The maximum absolute atomic E-state index is 11.6. The summed E-state index contributed by atoms with van der Waals surface area (Å²) in [5, 5.41) is 1.87. The zero-order valence-corrected chi connectivity index (χ0v) is 11.8. The summed E-state index contributed by atoms with van der Waals surface area (Å²) in [4.78, 5) is 18.3. The number of thiazole rings is 1. The first-order chi connectivity index (χ1) is 9.11. The van der Waals surface area contributed by atoms with Crippen molar-refractivity contribution in [3.05, 3.63) is 17.3 Å². The Morgan fingerprint density at radius 1 is 1.32 bits per heavy atom. The minimum absolute atomic E-state index is 0.122. The predicted octanol–water partition coefficient (Wildman–Crippen LogP) is 0.833. The molecule has 102 valence electrons. The van der Waals surface area contributed by atoms with Gasteiger partial charge in [-0.15, -0.1) is 11.3 Å². The van der Waals surface area contributed by atoms with E-state index in [4.69, 9.17) is 0 Å². The molecule has 2 aromatic heterocycles. The van der Waals surface area contributed by atoms with Crippen LogP contribution < -0.4 is 4.90 Å². The first-order valence-corrected chi connectivity index (χ1v) is 8.67. The van der Waals surface area contributed by atoms with E-state index in [0.29, 0.717) is 31.0 Å². The van der Waals surface area contributed by atoms with Crippen LogP contribution in [-0.4, -0.2) is 48.7 Å². The molecule has 0 unspecified atom stereocenters. The lowest BCUT2D eigenvalue weighted by molar-refractivity contribution is 0.111. The van der Waals surface area contributed by atoms with Gasteiger partial charge in [0.25, 0.3) is 0 Å². The standard InChI is InChI=1S/C11H13N3O3S2/c15-8-9-10(12-11-14(9)3-5-18-11)13-2-1-6-19(16,17)7-4-13/h3,5,8H,1-2,4,6-7H2. The number of hydrogen-bond acceptors (Lipinski definition) is 6. The fourth-order valence-electron chi connectivity index (χ4n) is 2.28. The van der Waals surface area contributed by atoms with Crippen LogP contribution in [0, 0.1) is 0 Å². The van der Waals surface area contributed by atoms with E-state index in [0.717, 1.165) is 11.2 Å². The molecule has 0 aliphatic carbocycles. The Balaban J connectivity index is 1.99. The molecule has 1 aliphatic heterocycles. The minimum atomic E-state index is -2.96. The fourth-order valence-corrected chi connectivity index (χ4v) is 4.27. The number of nitrogens with zero attached hydrogens (tertiary/aromatic N) is 3. The molecule has 0 amide bonds. The number of carbonyl (C=O) groups excluding carboxylic acids is 1. The Kier molecular flexibility index (Phi) is 3.06. The van der Waals surface area contributed by atoms with E-state index in [1.165, 1.54) is 11.3 Å². The highest BCUT2D eigenvalue weighted by molar-refractivity contribution is 7.91. The Morgan fingerprint density at radius 3 is 2.95 bits per heavy atom. The van der Waals surface area contributed by atoms with Crippen molar-refractivity contribution in [3.8, 4) is 0 Å². The summed E-state index contributed by atoms with van der Waals surface area (Å²) < 4.78 is 25.0. The molecule has 1 saturated heterocycles. The summed E-state index contributed by atoms with van der Waals surface area (Å²) in [5.74, 6) is 0.928. The lowest BCUT2D eigenvalue weighted by atomic mass is 10.3. The first-order valence-electron chi connectivity index (χ1n) is 5.97. The number of rotatable bonds is 2. The van der Waals surface area contributed by atoms with Crippen LogP contribution in [0.4, 0.5) is 5.82 Å². The van der Waals surface area contributed by atoms with Crippen LogP contribution >= 0.6 is 11.3 Å². The Labute approximate surface area is 114 Å². The summed E-state index contributed by atoms with van der Waals surface area (Å²) >= 11 is 1.45. The fraction of sp³-hybridized carbons (Fsp3) is 0.455. The number of fused-ring (bicyclic) bond motifs is 1. The van der Waals surface area contributed by atoms with Crippen molar-refractivity contribution in [1.82, 2.24) is 9.38 Å². The molecule has 0 bridgehead atoms. The van der Waals surface area contributed by atoms with Gasteiger partial charge in [-0.05, 0) is 6.42 Å².